The molecule has 134 valence electrons. The van der Waals surface area contributed by atoms with E-state index in [2.05, 4.69) is 34.4 Å². The predicted molar refractivity (Wildman–Crippen MR) is 94.3 cm³/mol. The number of guanidine groups is 1. The SMILES string of the molecule is CN=C(NCCc1c(F)cccc1F)NC1CCN(C(C)C)CC1. The van der Waals surface area contributed by atoms with Crippen molar-refractivity contribution in [2.45, 2.75) is 45.2 Å². The van der Waals surface area contributed by atoms with Crippen molar-refractivity contribution in [3.8, 4) is 0 Å². The quantitative estimate of drug-likeness (QED) is 0.640. The largest absolute Gasteiger partial charge is 0.356 e. The Balaban J connectivity index is 1.77. The molecule has 0 radical (unpaired) electrons. The number of hydrogen-bond acceptors (Lipinski definition) is 2. The van der Waals surface area contributed by atoms with E-state index in [9.17, 15) is 8.78 Å². The Morgan fingerprint density at radius 1 is 1.25 bits per heavy atom. The number of nitrogens with one attached hydrogen (secondary N) is 2. The summed E-state index contributed by atoms with van der Waals surface area (Å²) in [6.07, 6.45) is 2.42. The minimum atomic E-state index is -0.499. The monoisotopic (exact) mass is 338 g/mol. The number of benzene rings is 1. The fourth-order valence-electron chi connectivity index (χ4n) is 3.03. The van der Waals surface area contributed by atoms with Crippen LogP contribution in [-0.4, -0.2) is 49.6 Å². The lowest BCUT2D eigenvalue weighted by Gasteiger charge is -2.35. The van der Waals surface area contributed by atoms with E-state index in [1.807, 2.05) is 0 Å². The highest BCUT2D eigenvalue weighted by Crippen LogP contribution is 2.13. The Bertz CT molecular complexity index is 532. The van der Waals surface area contributed by atoms with E-state index in [0.717, 1.165) is 25.9 Å². The first-order valence-electron chi connectivity index (χ1n) is 8.65. The molecular weight excluding hydrogens is 310 g/mol. The minimum absolute atomic E-state index is 0.116. The first-order valence-corrected chi connectivity index (χ1v) is 8.65. The number of nitrogens with zero attached hydrogens (tertiary/aromatic N) is 2. The Labute approximate surface area is 143 Å². The topological polar surface area (TPSA) is 39.7 Å². The summed E-state index contributed by atoms with van der Waals surface area (Å²) < 4.78 is 27.2. The molecule has 0 saturated carbocycles. The van der Waals surface area contributed by atoms with Gasteiger partial charge in [-0.1, -0.05) is 6.07 Å². The Morgan fingerprint density at radius 3 is 2.42 bits per heavy atom. The molecule has 1 heterocycles. The molecule has 24 heavy (non-hydrogen) atoms. The lowest BCUT2D eigenvalue weighted by Crippen LogP contribution is -2.50. The van der Waals surface area contributed by atoms with Gasteiger partial charge in [0.1, 0.15) is 11.6 Å². The molecule has 2 rings (SSSR count). The lowest BCUT2D eigenvalue weighted by atomic mass is 10.0. The number of aliphatic imine (C=N–C) groups is 1. The van der Waals surface area contributed by atoms with E-state index in [-0.39, 0.29) is 12.0 Å². The summed E-state index contributed by atoms with van der Waals surface area (Å²) in [6, 6.07) is 4.92. The molecule has 0 aromatic heterocycles. The molecule has 6 heteroatoms. The first kappa shape index (κ1) is 18.6. The highest BCUT2D eigenvalue weighted by molar-refractivity contribution is 5.79. The van der Waals surface area contributed by atoms with Gasteiger partial charge in [-0.05, 0) is 45.2 Å². The maximum absolute atomic E-state index is 13.6. The van der Waals surface area contributed by atoms with Gasteiger partial charge in [0.25, 0.3) is 0 Å². The second kappa shape index (κ2) is 8.97. The molecule has 0 unspecified atom stereocenters. The van der Waals surface area contributed by atoms with E-state index >= 15 is 0 Å². The molecule has 0 spiro atoms. The molecule has 2 N–H and O–H groups in total. The summed E-state index contributed by atoms with van der Waals surface area (Å²) in [7, 11) is 1.71. The Morgan fingerprint density at radius 2 is 1.88 bits per heavy atom. The molecule has 1 aliphatic rings. The third-order valence-electron chi connectivity index (χ3n) is 4.55. The van der Waals surface area contributed by atoms with Crippen LogP contribution in [0.15, 0.2) is 23.2 Å². The van der Waals surface area contributed by atoms with Crippen LogP contribution in [0.3, 0.4) is 0 Å². The van der Waals surface area contributed by atoms with Gasteiger partial charge in [-0.3, -0.25) is 4.99 Å². The average molecular weight is 338 g/mol. The van der Waals surface area contributed by atoms with Crippen molar-refractivity contribution in [2.75, 3.05) is 26.7 Å². The van der Waals surface area contributed by atoms with Gasteiger partial charge in [-0.25, -0.2) is 8.78 Å². The average Bonchev–Trinajstić information content (AvgIpc) is 2.57. The number of halogens is 2. The number of piperidine rings is 1. The van der Waals surface area contributed by atoms with Crippen molar-refractivity contribution in [2.24, 2.45) is 4.99 Å². The van der Waals surface area contributed by atoms with Gasteiger partial charge in [-0.2, -0.15) is 0 Å². The predicted octanol–water partition coefficient (Wildman–Crippen LogP) is 2.55. The van der Waals surface area contributed by atoms with Gasteiger partial charge in [0.05, 0.1) is 0 Å². The standard InChI is InChI=1S/C18H28F2N4/c1-13(2)24-11-8-14(9-12-24)23-18(21-3)22-10-7-15-16(19)5-4-6-17(15)20/h4-6,13-14H,7-12H2,1-3H3,(H2,21,22,23). The third-order valence-corrected chi connectivity index (χ3v) is 4.55. The Hall–Kier alpha value is -1.69. The van der Waals surface area contributed by atoms with Crippen LogP contribution in [-0.2, 0) is 6.42 Å². The van der Waals surface area contributed by atoms with E-state index in [4.69, 9.17) is 0 Å². The second-order valence-electron chi connectivity index (χ2n) is 6.50. The number of hydrogen-bond donors (Lipinski definition) is 2. The summed E-state index contributed by atoms with van der Waals surface area (Å²) in [4.78, 5) is 6.67. The van der Waals surface area contributed by atoms with E-state index < -0.39 is 11.6 Å². The van der Waals surface area contributed by atoms with Gasteiger partial charge in [0.2, 0.25) is 0 Å². The first-order chi connectivity index (χ1) is 11.5. The summed E-state index contributed by atoms with van der Waals surface area (Å²) in [6.45, 7) is 7.02. The molecule has 0 bridgehead atoms. The van der Waals surface area contributed by atoms with Crippen LogP contribution in [0, 0.1) is 11.6 Å². The maximum Gasteiger partial charge on any atom is 0.191 e. The maximum atomic E-state index is 13.6. The van der Waals surface area contributed by atoms with Gasteiger partial charge >= 0.3 is 0 Å². The summed E-state index contributed by atoms with van der Waals surface area (Å²) in [5.74, 6) is -0.309. The van der Waals surface area contributed by atoms with E-state index in [1.54, 1.807) is 7.05 Å². The molecule has 0 amide bonds. The molecule has 4 nitrogen and oxygen atoms in total. The highest BCUT2D eigenvalue weighted by Gasteiger charge is 2.21. The molecule has 1 aromatic rings. The molecule has 1 fully saturated rings. The minimum Gasteiger partial charge on any atom is -0.356 e. The van der Waals surface area contributed by atoms with Crippen LogP contribution in [0.2, 0.25) is 0 Å². The second-order valence-corrected chi connectivity index (χ2v) is 6.50. The van der Waals surface area contributed by atoms with Crippen molar-refractivity contribution in [3.05, 3.63) is 35.4 Å². The highest BCUT2D eigenvalue weighted by atomic mass is 19.1. The zero-order valence-corrected chi connectivity index (χ0v) is 14.8. The van der Waals surface area contributed by atoms with Crippen LogP contribution in [0.1, 0.15) is 32.3 Å². The molecule has 1 aliphatic heterocycles. The van der Waals surface area contributed by atoms with Gasteiger partial charge in [-0.15, -0.1) is 0 Å². The van der Waals surface area contributed by atoms with Crippen LogP contribution >= 0.6 is 0 Å². The molecular formula is C18H28F2N4. The molecule has 1 saturated heterocycles. The zero-order chi connectivity index (χ0) is 17.5. The summed E-state index contributed by atoms with van der Waals surface area (Å²) in [5, 5.41) is 6.55. The van der Waals surface area contributed by atoms with Crippen molar-refractivity contribution in [3.63, 3.8) is 0 Å². The smallest absolute Gasteiger partial charge is 0.191 e. The Kier molecular flexibility index (Phi) is 6.97. The third kappa shape index (κ3) is 5.16. The molecule has 1 aromatic carbocycles. The normalized spacial score (nSPS) is 17.3. The number of likely N-dealkylation sites (tertiary alicyclic amines) is 1. The van der Waals surface area contributed by atoms with Gasteiger partial charge < -0.3 is 15.5 Å². The zero-order valence-electron chi connectivity index (χ0n) is 14.8. The molecule has 0 aliphatic carbocycles. The van der Waals surface area contributed by atoms with Crippen LogP contribution in [0.5, 0.6) is 0 Å². The van der Waals surface area contributed by atoms with Crippen LogP contribution in [0.4, 0.5) is 8.78 Å². The van der Waals surface area contributed by atoms with Gasteiger partial charge in [0, 0.05) is 44.3 Å². The van der Waals surface area contributed by atoms with E-state index in [0.29, 0.717) is 24.6 Å². The van der Waals surface area contributed by atoms with Gasteiger partial charge in [0.15, 0.2) is 5.96 Å². The van der Waals surface area contributed by atoms with Crippen LogP contribution < -0.4 is 10.6 Å². The fourth-order valence-corrected chi connectivity index (χ4v) is 3.03. The van der Waals surface area contributed by atoms with Crippen molar-refractivity contribution < 1.29 is 8.78 Å². The van der Waals surface area contributed by atoms with Crippen molar-refractivity contribution in [1.82, 2.24) is 15.5 Å². The summed E-state index contributed by atoms with van der Waals surface area (Å²) in [5.41, 5.74) is 0.116. The molecule has 0 atom stereocenters. The fraction of sp³-hybridized carbons (Fsp3) is 0.611. The number of rotatable bonds is 5. The van der Waals surface area contributed by atoms with Crippen molar-refractivity contribution >= 4 is 5.96 Å². The lowest BCUT2D eigenvalue weighted by molar-refractivity contribution is 0.167. The van der Waals surface area contributed by atoms with Crippen LogP contribution in [0.25, 0.3) is 0 Å². The van der Waals surface area contributed by atoms with E-state index in [1.165, 1.54) is 18.2 Å². The van der Waals surface area contributed by atoms with Crippen molar-refractivity contribution in [1.29, 1.82) is 0 Å². The summed E-state index contributed by atoms with van der Waals surface area (Å²) >= 11 is 0.